The van der Waals surface area contributed by atoms with E-state index in [4.69, 9.17) is 0 Å². The van der Waals surface area contributed by atoms with Gasteiger partial charge in [-0.2, -0.15) is 0 Å². The number of piperazine rings is 1. The second-order valence-corrected chi connectivity index (χ2v) is 7.96. The van der Waals surface area contributed by atoms with E-state index >= 15 is 0 Å². The number of aryl methyl sites for hydroxylation is 1. The molecule has 1 unspecified atom stereocenters. The van der Waals surface area contributed by atoms with E-state index in [1.54, 1.807) is 12.3 Å². The van der Waals surface area contributed by atoms with Crippen LogP contribution in [0.25, 0.3) is 16.7 Å². The summed E-state index contributed by atoms with van der Waals surface area (Å²) in [4.78, 5) is 6.82. The lowest BCUT2D eigenvalue weighted by molar-refractivity contribution is 0.233. The second-order valence-electron chi connectivity index (χ2n) is 7.96. The van der Waals surface area contributed by atoms with Gasteiger partial charge in [-0.05, 0) is 66.1 Å². The van der Waals surface area contributed by atoms with Gasteiger partial charge in [0, 0.05) is 56.2 Å². The van der Waals surface area contributed by atoms with Gasteiger partial charge in [-0.25, -0.2) is 4.39 Å². The number of aromatic nitrogens is 1. The van der Waals surface area contributed by atoms with Gasteiger partial charge in [0.05, 0.1) is 0 Å². The minimum absolute atomic E-state index is 0.141. The second kappa shape index (κ2) is 7.91. The molecule has 1 aromatic heterocycles. The molecule has 2 heterocycles. The summed E-state index contributed by atoms with van der Waals surface area (Å²) in [5.74, 6) is 0.394. The summed E-state index contributed by atoms with van der Waals surface area (Å²) >= 11 is 0. The summed E-state index contributed by atoms with van der Waals surface area (Å²) in [5.41, 5.74) is 6.23. The maximum Gasteiger partial charge on any atom is 0.131 e. The van der Waals surface area contributed by atoms with Crippen LogP contribution in [0.5, 0.6) is 0 Å². The van der Waals surface area contributed by atoms with Crippen LogP contribution in [0.2, 0.25) is 0 Å². The lowest BCUT2D eigenvalue weighted by atomic mass is 9.94. The Labute approximate surface area is 161 Å². The average Bonchev–Trinajstić information content (AvgIpc) is 2.80. The van der Waals surface area contributed by atoms with Crippen LogP contribution in [-0.2, 0) is 13.0 Å². The third-order valence-corrected chi connectivity index (χ3v) is 5.74. The first-order valence-corrected chi connectivity index (χ1v) is 9.99. The first-order valence-electron chi connectivity index (χ1n) is 9.99. The maximum atomic E-state index is 14.9. The van der Waals surface area contributed by atoms with E-state index in [9.17, 15) is 4.39 Å². The zero-order chi connectivity index (χ0) is 18.8. The van der Waals surface area contributed by atoms with Crippen molar-refractivity contribution in [3.8, 4) is 11.1 Å². The van der Waals surface area contributed by atoms with Crippen molar-refractivity contribution in [2.45, 2.75) is 33.2 Å². The summed E-state index contributed by atoms with van der Waals surface area (Å²) in [6.07, 6.45) is 8.00. The molecule has 27 heavy (non-hydrogen) atoms. The summed E-state index contributed by atoms with van der Waals surface area (Å²) in [6.45, 7) is 9.37. The lowest BCUT2D eigenvalue weighted by Crippen LogP contribution is -2.42. The molecular formula is C23H28FN3. The van der Waals surface area contributed by atoms with Crippen LogP contribution in [0.4, 0.5) is 4.39 Å². The highest BCUT2D eigenvalue weighted by atomic mass is 19.1. The molecule has 3 nitrogen and oxygen atoms in total. The Bertz CT molecular complexity index is 853. The van der Waals surface area contributed by atoms with E-state index in [0.29, 0.717) is 11.5 Å². The Hall–Kier alpha value is -2.04. The Morgan fingerprint density at radius 2 is 1.96 bits per heavy atom. The molecule has 0 amide bonds. The quantitative estimate of drug-likeness (QED) is 0.880. The van der Waals surface area contributed by atoms with Crippen LogP contribution >= 0.6 is 0 Å². The van der Waals surface area contributed by atoms with E-state index in [1.807, 2.05) is 12.3 Å². The molecule has 4 rings (SSSR count). The van der Waals surface area contributed by atoms with E-state index in [1.165, 1.54) is 11.1 Å². The molecule has 4 heteroatoms. The summed E-state index contributed by atoms with van der Waals surface area (Å²) in [7, 11) is 0. The molecular weight excluding hydrogens is 337 g/mol. The van der Waals surface area contributed by atoms with Crippen LogP contribution in [-0.4, -0.2) is 36.1 Å². The van der Waals surface area contributed by atoms with Gasteiger partial charge in [0.2, 0.25) is 0 Å². The molecule has 0 bridgehead atoms. The zero-order valence-corrected chi connectivity index (χ0v) is 16.3. The lowest BCUT2D eigenvalue weighted by Gasteiger charge is -2.27. The molecule has 1 aromatic carbocycles. The van der Waals surface area contributed by atoms with Crippen molar-refractivity contribution in [3.05, 3.63) is 59.2 Å². The maximum absolute atomic E-state index is 14.9. The van der Waals surface area contributed by atoms with Crippen molar-refractivity contribution >= 4 is 5.57 Å². The first kappa shape index (κ1) is 18.3. The zero-order valence-electron chi connectivity index (χ0n) is 16.3. The Kier molecular flexibility index (Phi) is 5.37. The molecule has 1 aliphatic heterocycles. The standard InChI is InChI=1S/C23H28FN3/c1-16-3-4-19-11-23(24)22(12-21(19)17(2)9-16)20-10-18(13-26-14-20)15-27-7-5-25-6-8-27/h9-14,16,25H,3-8,15H2,1-2H3. The molecule has 1 saturated heterocycles. The van der Waals surface area contributed by atoms with Gasteiger partial charge in [0.1, 0.15) is 5.82 Å². The minimum atomic E-state index is -0.141. The average molecular weight is 365 g/mol. The topological polar surface area (TPSA) is 28.2 Å². The van der Waals surface area contributed by atoms with Gasteiger partial charge in [0.15, 0.2) is 0 Å². The molecule has 2 aromatic rings. The number of pyridine rings is 1. The Balaban J connectivity index is 1.66. The van der Waals surface area contributed by atoms with Crippen LogP contribution < -0.4 is 5.32 Å². The van der Waals surface area contributed by atoms with Gasteiger partial charge >= 0.3 is 0 Å². The van der Waals surface area contributed by atoms with Gasteiger partial charge in [0.25, 0.3) is 0 Å². The summed E-state index contributed by atoms with van der Waals surface area (Å²) < 4.78 is 14.9. The monoisotopic (exact) mass is 365 g/mol. The third kappa shape index (κ3) is 4.12. The Morgan fingerprint density at radius 1 is 1.15 bits per heavy atom. The number of halogens is 1. The summed E-state index contributed by atoms with van der Waals surface area (Å²) in [6, 6.07) is 5.86. The van der Waals surface area contributed by atoms with Crippen LogP contribution in [0.1, 0.15) is 37.0 Å². The van der Waals surface area contributed by atoms with Crippen molar-refractivity contribution in [1.82, 2.24) is 15.2 Å². The number of hydrogen-bond donors (Lipinski definition) is 1. The van der Waals surface area contributed by atoms with Crippen molar-refractivity contribution in [2.24, 2.45) is 5.92 Å². The minimum Gasteiger partial charge on any atom is -0.314 e. The number of hydrogen-bond acceptors (Lipinski definition) is 3. The van der Waals surface area contributed by atoms with E-state index < -0.39 is 0 Å². The van der Waals surface area contributed by atoms with Gasteiger partial charge in [-0.1, -0.05) is 13.0 Å². The fourth-order valence-electron chi connectivity index (χ4n) is 4.24. The predicted molar refractivity (Wildman–Crippen MR) is 109 cm³/mol. The molecule has 142 valence electrons. The van der Waals surface area contributed by atoms with Crippen molar-refractivity contribution in [2.75, 3.05) is 26.2 Å². The van der Waals surface area contributed by atoms with Crippen LogP contribution in [0.15, 0.2) is 36.7 Å². The predicted octanol–water partition coefficient (Wildman–Crippen LogP) is 4.28. The van der Waals surface area contributed by atoms with E-state index in [-0.39, 0.29) is 5.82 Å². The third-order valence-electron chi connectivity index (χ3n) is 5.74. The highest BCUT2D eigenvalue weighted by Gasteiger charge is 2.17. The number of benzene rings is 1. The van der Waals surface area contributed by atoms with Crippen LogP contribution in [0, 0.1) is 11.7 Å². The normalized spacial score (nSPS) is 20.7. The molecule has 0 spiro atoms. The molecule has 1 fully saturated rings. The largest absolute Gasteiger partial charge is 0.314 e. The number of fused-ring (bicyclic) bond motifs is 1. The molecule has 1 atom stereocenters. The fraction of sp³-hybridized carbons (Fsp3) is 0.435. The van der Waals surface area contributed by atoms with Crippen LogP contribution in [0.3, 0.4) is 0 Å². The molecule has 0 radical (unpaired) electrons. The number of nitrogens with zero attached hydrogens (tertiary/aromatic N) is 2. The first-order chi connectivity index (χ1) is 13.1. The number of rotatable bonds is 3. The van der Waals surface area contributed by atoms with Crippen molar-refractivity contribution in [1.29, 1.82) is 0 Å². The van der Waals surface area contributed by atoms with Gasteiger partial charge in [-0.15, -0.1) is 0 Å². The van der Waals surface area contributed by atoms with E-state index in [2.05, 4.69) is 41.2 Å². The van der Waals surface area contributed by atoms with Gasteiger partial charge in [-0.3, -0.25) is 9.88 Å². The summed E-state index contributed by atoms with van der Waals surface area (Å²) in [5, 5.41) is 3.37. The molecule has 1 aliphatic carbocycles. The highest BCUT2D eigenvalue weighted by Crippen LogP contribution is 2.33. The van der Waals surface area contributed by atoms with Crippen molar-refractivity contribution in [3.63, 3.8) is 0 Å². The number of allylic oxidation sites excluding steroid dienone is 2. The molecule has 1 N–H and O–H groups in total. The van der Waals surface area contributed by atoms with Gasteiger partial charge < -0.3 is 5.32 Å². The van der Waals surface area contributed by atoms with E-state index in [0.717, 1.165) is 62.3 Å². The molecule has 0 saturated carbocycles. The van der Waals surface area contributed by atoms with Crippen molar-refractivity contribution < 1.29 is 4.39 Å². The SMILES string of the molecule is CC1=CC(C)CCc2cc(F)c(-c3cncc(CN4CCNCC4)c3)cc21. The smallest absolute Gasteiger partial charge is 0.131 e. The fourth-order valence-corrected chi connectivity index (χ4v) is 4.24. The molecule has 2 aliphatic rings. The number of nitrogens with one attached hydrogen (secondary N) is 1. The Morgan fingerprint density at radius 3 is 2.78 bits per heavy atom. The highest BCUT2D eigenvalue weighted by molar-refractivity contribution is 5.75.